The molecule has 0 fully saturated rings. The summed E-state index contributed by atoms with van der Waals surface area (Å²) in [7, 11) is 0. The smallest absolute Gasteiger partial charge is 0.228 e. The van der Waals surface area contributed by atoms with Gasteiger partial charge in [0.1, 0.15) is 5.82 Å². The van der Waals surface area contributed by atoms with E-state index in [0.29, 0.717) is 18.7 Å². The lowest BCUT2D eigenvalue weighted by Gasteiger charge is -2.07. The minimum absolute atomic E-state index is 0.176. The van der Waals surface area contributed by atoms with Gasteiger partial charge in [-0.1, -0.05) is 6.07 Å². The fourth-order valence-electron chi connectivity index (χ4n) is 1.75. The summed E-state index contributed by atoms with van der Waals surface area (Å²) in [5.74, 6) is 4.35. The van der Waals surface area contributed by atoms with Crippen LogP contribution in [-0.4, -0.2) is 12.5 Å². The molecule has 1 heterocycles. The van der Waals surface area contributed by atoms with Crippen molar-refractivity contribution in [2.45, 2.75) is 12.8 Å². The quantitative estimate of drug-likeness (QED) is 0.724. The Morgan fingerprint density at radius 3 is 3.07 bits per heavy atom. The fraction of sp³-hybridized carbons (Fsp3) is 0.300. The van der Waals surface area contributed by atoms with Crippen LogP contribution in [-0.2, 0) is 22.5 Å². The molecule has 5 heteroatoms. The first-order chi connectivity index (χ1) is 7.22. The Morgan fingerprint density at radius 2 is 2.33 bits per heavy atom. The molecule has 0 saturated carbocycles. The highest BCUT2D eigenvalue weighted by Crippen LogP contribution is 2.29. The summed E-state index contributed by atoms with van der Waals surface area (Å²) in [6.07, 6.45) is 0.807. The summed E-state index contributed by atoms with van der Waals surface area (Å²) in [6, 6.07) is 3.00. The zero-order valence-electron chi connectivity index (χ0n) is 8.05. The molecule has 0 radical (unpaired) electrons. The number of hydrogen-bond acceptors (Lipinski definition) is 3. The van der Waals surface area contributed by atoms with Gasteiger partial charge in [0, 0.05) is 0 Å². The van der Waals surface area contributed by atoms with E-state index in [0.717, 1.165) is 11.1 Å². The number of benzene rings is 1. The number of carbonyl (C=O) groups is 1. The van der Waals surface area contributed by atoms with Gasteiger partial charge in [0.15, 0.2) is 0 Å². The second kappa shape index (κ2) is 3.96. The zero-order valence-corrected chi connectivity index (χ0v) is 8.05. The molecule has 0 saturated heterocycles. The molecular weight excluding hydrogens is 199 g/mol. The molecule has 0 atom stereocenters. The highest BCUT2D eigenvalue weighted by Gasteiger charge is 2.23. The molecule has 1 aliphatic rings. The maximum Gasteiger partial charge on any atom is 0.228 e. The van der Waals surface area contributed by atoms with Gasteiger partial charge < -0.3 is 10.2 Å². The molecule has 0 aromatic heterocycles. The Morgan fingerprint density at radius 1 is 1.53 bits per heavy atom. The van der Waals surface area contributed by atoms with Gasteiger partial charge in [-0.15, -0.1) is 0 Å². The van der Waals surface area contributed by atoms with E-state index in [1.54, 1.807) is 6.07 Å². The lowest BCUT2D eigenvalue weighted by atomic mass is 10.0. The van der Waals surface area contributed by atoms with E-state index in [1.807, 2.05) is 0 Å². The molecule has 0 unspecified atom stereocenters. The first kappa shape index (κ1) is 10.1. The van der Waals surface area contributed by atoms with Crippen molar-refractivity contribution in [2.75, 3.05) is 11.9 Å². The number of fused-ring (bicyclic) bond motifs is 1. The van der Waals surface area contributed by atoms with Crippen molar-refractivity contribution in [3.05, 3.63) is 29.1 Å². The van der Waals surface area contributed by atoms with Gasteiger partial charge in [-0.25, -0.2) is 10.3 Å². The van der Waals surface area contributed by atoms with Crippen molar-refractivity contribution in [3.8, 4) is 0 Å². The number of nitrogens with two attached hydrogens (primary N) is 1. The lowest BCUT2D eigenvalue weighted by Crippen LogP contribution is -2.05. The summed E-state index contributed by atoms with van der Waals surface area (Å²) < 4.78 is 13.3. The normalized spacial score (nSPS) is 13.9. The standard InChI is InChI=1S/C10H11FN2O2/c11-8-2-1-6(3-4-15-12)7-5-9(14)13-10(7)8/h1-2H,3-5,12H2,(H,13,14). The topological polar surface area (TPSA) is 64.3 Å². The molecule has 15 heavy (non-hydrogen) atoms. The molecule has 4 nitrogen and oxygen atoms in total. The molecule has 0 bridgehead atoms. The first-order valence-electron chi connectivity index (χ1n) is 4.64. The second-order valence-corrected chi connectivity index (χ2v) is 3.41. The SMILES string of the molecule is NOCCc1ccc(F)c2c1CC(=O)N2. The van der Waals surface area contributed by atoms with E-state index in [9.17, 15) is 9.18 Å². The van der Waals surface area contributed by atoms with Crippen LogP contribution in [0, 0.1) is 5.82 Å². The summed E-state index contributed by atoms with van der Waals surface area (Å²) in [5, 5.41) is 2.50. The van der Waals surface area contributed by atoms with Crippen LogP contribution in [0.3, 0.4) is 0 Å². The molecule has 1 amide bonds. The summed E-state index contributed by atoms with van der Waals surface area (Å²) in [5.41, 5.74) is 1.92. The van der Waals surface area contributed by atoms with Crippen LogP contribution in [0.2, 0.25) is 0 Å². The minimum Gasteiger partial charge on any atom is -0.323 e. The fourth-order valence-corrected chi connectivity index (χ4v) is 1.75. The molecule has 1 aliphatic heterocycles. The number of rotatable bonds is 3. The zero-order chi connectivity index (χ0) is 10.8. The Hall–Kier alpha value is -1.46. The monoisotopic (exact) mass is 210 g/mol. The maximum absolute atomic E-state index is 13.3. The summed E-state index contributed by atoms with van der Waals surface area (Å²) >= 11 is 0. The van der Waals surface area contributed by atoms with Gasteiger partial charge in [-0.3, -0.25) is 4.79 Å². The molecule has 1 aromatic carbocycles. The van der Waals surface area contributed by atoms with Crippen molar-refractivity contribution in [1.29, 1.82) is 0 Å². The molecule has 0 spiro atoms. The van der Waals surface area contributed by atoms with E-state index in [-0.39, 0.29) is 12.3 Å². The van der Waals surface area contributed by atoms with Crippen molar-refractivity contribution in [3.63, 3.8) is 0 Å². The van der Waals surface area contributed by atoms with Crippen molar-refractivity contribution in [1.82, 2.24) is 0 Å². The van der Waals surface area contributed by atoms with E-state index in [2.05, 4.69) is 10.2 Å². The van der Waals surface area contributed by atoms with Crippen molar-refractivity contribution >= 4 is 11.6 Å². The first-order valence-corrected chi connectivity index (χ1v) is 4.64. The number of amides is 1. The number of anilines is 1. The van der Waals surface area contributed by atoms with Crippen LogP contribution in [0.25, 0.3) is 0 Å². The van der Waals surface area contributed by atoms with Crippen molar-refractivity contribution < 1.29 is 14.0 Å². The van der Waals surface area contributed by atoms with Gasteiger partial charge in [-0.2, -0.15) is 0 Å². The molecule has 80 valence electrons. The Kier molecular flexibility index (Phi) is 2.66. The minimum atomic E-state index is -0.395. The van der Waals surface area contributed by atoms with E-state index >= 15 is 0 Å². The average Bonchev–Trinajstić information content (AvgIpc) is 2.60. The number of halogens is 1. The van der Waals surface area contributed by atoms with Crippen LogP contribution in [0.5, 0.6) is 0 Å². The summed E-state index contributed by atoms with van der Waals surface area (Å²) in [4.78, 5) is 15.6. The Bertz CT molecular complexity index is 407. The highest BCUT2D eigenvalue weighted by atomic mass is 19.1. The van der Waals surface area contributed by atoms with E-state index < -0.39 is 5.82 Å². The van der Waals surface area contributed by atoms with E-state index in [4.69, 9.17) is 5.90 Å². The third kappa shape index (κ3) is 1.84. The average molecular weight is 210 g/mol. The van der Waals surface area contributed by atoms with Gasteiger partial charge >= 0.3 is 0 Å². The third-order valence-corrected chi connectivity index (χ3v) is 2.45. The van der Waals surface area contributed by atoms with Crippen LogP contribution in [0.1, 0.15) is 11.1 Å². The Labute approximate surface area is 86.2 Å². The molecule has 3 N–H and O–H groups in total. The second-order valence-electron chi connectivity index (χ2n) is 3.41. The molecule has 1 aromatic rings. The predicted molar refractivity (Wildman–Crippen MR) is 52.6 cm³/mol. The van der Waals surface area contributed by atoms with Crippen LogP contribution < -0.4 is 11.2 Å². The van der Waals surface area contributed by atoms with E-state index in [1.165, 1.54) is 6.07 Å². The van der Waals surface area contributed by atoms with Crippen LogP contribution in [0.4, 0.5) is 10.1 Å². The van der Waals surface area contributed by atoms with Gasteiger partial charge in [0.2, 0.25) is 5.91 Å². The van der Waals surface area contributed by atoms with Crippen LogP contribution in [0.15, 0.2) is 12.1 Å². The predicted octanol–water partition coefficient (Wildman–Crippen LogP) is 0.753. The number of nitrogens with one attached hydrogen (secondary N) is 1. The highest BCUT2D eigenvalue weighted by molar-refractivity contribution is 5.99. The van der Waals surface area contributed by atoms with Crippen LogP contribution >= 0.6 is 0 Å². The number of hydrogen-bond donors (Lipinski definition) is 2. The Balaban J connectivity index is 2.34. The molecular formula is C10H11FN2O2. The van der Waals surface area contributed by atoms with Gasteiger partial charge in [0.05, 0.1) is 18.7 Å². The van der Waals surface area contributed by atoms with Gasteiger partial charge in [-0.05, 0) is 23.6 Å². The molecule has 2 rings (SSSR count). The molecule has 0 aliphatic carbocycles. The largest absolute Gasteiger partial charge is 0.323 e. The third-order valence-electron chi connectivity index (χ3n) is 2.45. The lowest BCUT2D eigenvalue weighted by molar-refractivity contribution is -0.115. The summed E-state index contributed by atoms with van der Waals surface area (Å²) in [6.45, 7) is 0.353. The van der Waals surface area contributed by atoms with Crippen molar-refractivity contribution in [2.24, 2.45) is 5.90 Å². The maximum atomic E-state index is 13.3. The number of carbonyl (C=O) groups excluding carboxylic acids is 1. The van der Waals surface area contributed by atoms with Gasteiger partial charge in [0.25, 0.3) is 0 Å².